The summed E-state index contributed by atoms with van der Waals surface area (Å²) in [4.78, 5) is 18.2. The number of anilines is 1. The highest BCUT2D eigenvalue weighted by atomic mass is 19.1. The van der Waals surface area contributed by atoms with Crippen LogP contribution in [0, 0.1) is 17.5 Å². The number of hydrogen-bond donors (Lipinski definition) is 2. The first-order valence-electron chi connectivity index (χ1n) is 11.2. The topological polar surface area (TPSA) is 83.3 Å². The predicted molar refractivity (Wildman–Crippen MR) is 124 cm³/mol. The van der Waals surface area contributed by atoms with Crippen LogP contribution in [0.4, 0.5) is 18.9 Å². The molecule has 2 aromatic carbocycles. The second-order valence-corrected chi connectivity index (χ2v) is 8.66. The molecule has 1 aliphatic rings. The van der Waals surface area contributed by atoms with E-state index in [1.165, 1.54) is 47.7 Å². The first kappa shape index (κ1) is 24.6. The molecule has 1 amide bonds. The summed E-state index contributed by atoms with van der Waals surface area (Å²) in [6.45, 7) is 2.74. The fourth-order valence-corrected chi connectivity index (χ4v) is 4.42. The van der Waals surface area contributed by atoms with E-state index in [-0.39, 0.29) is 18.0 Å². The molecule has 0 radical (unpaired) electrons. The molecule has 0 spiro atoms. The van der Waals surface area contributed by atoms with Crippen LogP contribution in [0.15, 0.2) is 66.8 Å². The minimum Gasteiger partial charge on any atom is -0.381 e. The van der Waals surface area contributed by atoms with Gasteiger partial charge in [0.05, 0.1) is 6.54 Å². The molecule has 0 bridgehead atoms. The van der Waals surface area contributed by atoms with E-state index in [9.17, 15) is 23.1 Å². The number of piperidine rings is 1. The third kappa shape index (κ3) is 5.77. The number of aliphatic hydroxyl groups is 1. The SMILES string of the molecule is C[C@@H](N1CCC(=CC(=O)Nc2cccc(F)c2)CC1)[C@](O)(Cn1cncn1)c1ccc(F)cc1F. The number of hydrogen-bond acceptors (Lipinski definition) is 5. The summed E-state index contributed by atoms with van der Waals surface area (Å²) in [7, 11) is 0. The average Bonchev–Trinajstić information content (AvgIpc) is 3.31. The number of nitrogens with one attached hydrogen (secondary N) is 1. The van der Waals surface area contributed by atoms with Crippen molar-refractivity contribution in [1.82, 2.24) is 19.7 Å². The van der Waals surface area contributed by atoms with Gasteiger partial charge in [0.15, 0.2) is 0 Å². The summed E-state index contributed by atoms with van der Waals surface area (Å²) >= 11 is 0. The van der Waals surface area contributed by atoms with E-state index in [0.717, 1.165) is 17.7 Å². The van der Waals surface area contributed by atoms with Crippen LogP contribution in [0.1, 0.15) is 25.3 Å². The fourth-order valence-electron chi connectivity index (χ4n) is 4.42. The normalized spacial score (nSPS) is 17.0. The van der Waals surface area contributed by atoms with Gasteiger partial charge in [0, 0.05) is 42.5 Å². The molecule has 0 saturated carbocycles. The van der Waals surface area contributed by atoms with Crippen LogP contribution in [0.3, 0.4) is 0 Å². The third-order valence-electron chi connectivity index (χ3n) is 6.37. The van der Waals surface area contributed by atoms with Gasteiger partial charge in [-0.1, -0.05) is 17.7 Å². The maximum absolute atomic E-state index is 14.8. The summed E-state index contributed by atoms with van der Waals surface area (Å²) < 4.78 is 43.1. The Kier molecular flexibility index (Phi) is 7.32. The summed E-state index contributed by atoms with van der Waals surface area (Å²) in [6.07, 6.45) is 5.37. The summed E-state index contributed by atoms with van der Waals surface area (Å²) in [5.41, 5.74) is -0.466. The molecule has 7 nitrogen and oxygen atoms in total. The third-order valence-corrected chi connectivity index (χ3v) is 6.37. The van der Waals surface area contributed by atoms with Gasteiger partial charge in [-0.15, -0.1) is 0 Å². The Bertz CT molecular complexity index is 1210. The Hall–Kier alpha value is -3.50. The molecule has 35 heavy (non-hydrogen) atoms. The maximum atomic E-state index is 14.8. The van der Waals surface area contributed by atoms with Crippen molar-refractivity contribution in [3.05, 3.63) is 89.8 Å². The molecule has 2 heterocycles. The maximum Gasteiger partial charge on any atom is 0.248 e. The number of carbonyl (C=O) groups excluding carboxylic acids is 1. The van der Waals surface area contributed by atoms with Crippen molar-refractivity contribution in [2.24, 2.45) is 0 Å². The van der Waals surface area contributed by atoms with Crippen molar-refractivity contribution >= 4 is 11.6 Å². The van der Waals surface area contributed by atoms with Crippen molar-refractivity contribution < 1.29 is 23.1 Å². The van der Waals surface area contributed by atoms with E-state index in [1.54, 1.807) is 13.0 Å². The molecule has 2 atom stereocenters. The number of halogens is 3. The van der Waals surface area contributed by atoms with E-state index in [0.29, 0.717) is 31.6 Å². The van der Waals surface area contributed by atoms with Crippen LogP contribution in [0.25, 0.3) is 0 Å². The zero-order valence-corrected chi connectivity index (χ0v) is 19.2. The van der Waals surface area contributed by atoms with Gasteiger partial charge in [0.1, 0.15) is 35.7 Å². The standard InChI is InChI=1S/C25H26F3N5O2/c1-17(25(35,14-33-16-29-15-30-33)22-6-5-20(27)13-23(22)28)32-9-7-18(8-10-32)11-24(34)31-21-4-2-3-19(26)12-21/h2-6,11-13,15-17,35H,7-10,14H2,1H3,(H,31,34)/t17-,25-/m1/s1. The van der Waals surface area contributed by atoms with E-state index in [4.69, 9.17) is 0 Å². The van der Waals surface area contributed by atoms with Gasteiger partial charge >= 0.3 is 0 Å². The minimum absolute atomic E-state index is 0.0299. The second-order valence-electron chi connectivity index (χ2n) is 8.66. The molecule has 4 rings (SSSR count). The summed E-state index contributed by atoms with van der Waals surface area (Å²) in [6, 6.07) is 8.22. The van der Waals surface area contributed by atoms with Crippen molar-refractivity contribution in [1.29, 1.82) is 0 Å². The second kappa shape index (κ2) is 10.4. The van der Waals surface area contributed by atoms with Gasteiger partial charge in [-0.05, 0) is 44.0 Å². The van der Waals surface area contributed by atoms with Gasteiger partial charge in [0.2, 0.25) is 5.91 Å². The smallest absolute Gasteiger partial charge is 0.248 e. The van der Waals surface area contributed by atoms with Crippen LogP contribution < -0.4 is 5.32 Å². The molecule has 2 N–H and O–H groups in total. The zero-order chi connectivity index (χ0) is 25.0. The predicted octanol–water partition coefficient (Wildman–Crippen LogP) is 3.63. The van der Waals surface area contributed by atoms with Gasteiger partial charge in [-0.3, -0.25) is 9.69 Å². The van der Waals surface area contributed by atoms with Gasteiger partial charge in [-0.2, -0.15) is 5.10 Å². The van der Waals surface area contributed by atoms with E-state index < -0.39 is 29.1 Å². The van der Waals surface area contributed by atoms with E-state index in [1.807, 2.05) is 4.90 Å². The monoisotopic (exact) mass is 485 g/mol. The molecule has 1 aromatic heterocycles. The Labute approximate surface area is 200 Å². The Balaban J connectivity index is 1.47. The number of aromatic nitrogens is 3. The van der Waals surface area contributed by atoms with Crippen molar-refractivity contribution in [3.63, 3.8) is 0 Å². The first-order chi connectivity index (χ1) is 16.7. The Morgan fingerprint density at radius 1 is 1.17 bits per heavy atom. The van der Waals surface area contributed by atoms with Gasteiger partial charge < -0.3 is 10.4 Å². The summed E-state index contributed by atoms with van der Waals surface area (Å²) in [5, 5.41) is 18.4. The van der Waals surface area contributed by atoms with Crippen LogP contribution in [-0.4, -0.2) is 49.8 Å². The number of nitrogens with zero attached hydrogens (tertiary/aromatic N) is 4. The lowest BCUT2D eigenvalue weighted by Gasteiger charge is -2.43. The van der Waals surface area contributed by atoms with E-state index >= 15 is 0 Å². The molecule has 3 aromatic rings. The Morgan fingerprint density at radius 2 is 1.91 bits per heavy atom. The first-order valence-corrected chi connectivity index (χ1v) is 11.2. The molecule has 10 heteroatoms. The molecular formula is C25H26F3N5O2. The molecular weight excluding hydrogens is 459 g/mol. The average molecular weight is 486 g/mol. The quantitative estimate of drug-likeness (QED) is 0.500. The highest BCUT2D eigenvalue weighted by Gasteiger charge is 2.42. The molecule has 1 fully saturated rings. The van der Waals surface area contributed by atoms with Crippen molar-refractivity contribution in [3.8, 4) is 0 Å². The molecule has 1 aliphatic heterocycles. The van der Waals surface area contributed by atoms with Gasteiger partial charge in [-0.25, -0.2) is 22.8 Å². The minimum atomic E-state index is -1.72. The van der Waals surface area contributed by atoms with Crippen LogP contribution in [-0.2, 0) is 16.9 Å². The molecule has 1 saturated heterocycles. The van der Waals surface area contributed by atoms with Crippen molar-refractivity contribution in [2.45, 2.75) is 38.0 Å². The number of likely N-dealkylation sites (tertiary alicyclic amines) is 1. The Morgan fingerprint density at radius 3 is 2.57 bits per heavy atom. The van der Waals surface area contributed by atoms with E-state index in [2.05, 4.69) is 15.4 Å². The lowest BCUT2D eigenvalue weighted by Crippen LogP contribution is -2.53. The van der Waals surface area contributed by atoms with Gasteiger partial charge in [0.25, 0.3) is 0 Å². The number of amides is 1. The zero-order valence-electron chi connectivity index (χ0n) is 19.2. The number of benzene rings is 2. The van der Waals surface area contributed by atoms with Crippen LogP contribution in [0.2, 0.25) is 0 Å². The fraction of sp³-hybridized carbons (Fsp3) is 0.320. The number of carbonyl (C=O) groups is 1. The lowest BCUT2D eigenvalue weighted by atomic mass is 9.84. The van der Waals surface area contributed by atoms with Crippen LogP contribution in [0.5, 0.6) is 0 Å². The van der Waals surface area contributed by atoms with Crippen LogP contribution >= 0.6 is 0 Å². The van der Waals surface area contributed by atoms with Crippen molar-refractivity contribution in [2.75, 3.05) is 18.4 Å². The lowest BCUT2D eigenvalue weighted by molar-refractivity contribution is -0.112. The molecule has 0 unspecified atom stereocenters. The highest BCUT2D eigenvalue weighted by molar-refractivity contribution is 5.99. The summed E-state index contributed by atoms with van der Waals surface area (Å²) in [5.74, 6) is -2.35. The largest absolute Gasteiger partial charge is 0.381 e. The number of rotatable bonds is 7. The molecule has 184 valence electrons. The highest BCUT2D eigenvalue weighted by Crippen LogP contribution is 2.34. The molecule has 0 aliphatic carbocycles.